The van der Waals surface area contributed by atoms with E-state index < -0.39 is 0 Å². The fourth-order valence-corrected chi connectivity index (χ4v) is 2.29. The van der Waals surface area contributed by atoms with Gasteiger partial charge in [0, 0.05) is 19.1 Å². The highest BCUT2D eigenvalue weighted by atomic mass is 16.5. The number of ether oxygens (including phenoxy) is 1. The molecule has 1 fully saturated rings. The zero-order valence-corrected chi connectivity index (χ0v) is 13.6. The predicted octanol–water partition coefficient (Wildman–Crippen LogP) is 2.74. The number of pyridine rings is 1. The molecule has 5 nitrogen and oxygen atoms in total. The van der Waals surface area contributed by atoms with Crippen molar-refractivity contribution in [3.63, 3.8) is 0 Å². The summed E-state index contributed by atoms with van der Waals surface area (Å²) in [6.07, 6.45) is 2.69. The zero-order chi connectivity index (χ0) is 15.5. The Morgan fingerprint density at radius 2 is 2.10 bits per heavy atom. The first-order valence-corrected chi connectivity index (χ1v) is 7.82. The Bertz CT molecular complexity index is 466. The number of hydrogen-bond donors (Lipinski definition) is 2. The Morgan fingerprint density at radius 3 is 2.67 bits per heavy atom. The monoisotopic (exact) mass is 292 g/mol. The Hall–Kier alpha value is -1.49. The van der Waals surface area contributed by atoms with Crippen LogP contribution >= 0.6 is 0 Å². The molecule has 1 aliphatic rings. The van der Waals surface area contributed by atoms with E-state index in [0.717, 1.165) is 31.5 Å². The number of rotatable bonds is 7. The van der Waals surface area contributed by atoms with Crippen molar-refractivity contribution in [1.82, 2.24) is 9.88 Å². The van der Waals surface area contributed by atoms with Gasteiger partial charge in [-0.2, -0.15) is 4.98 Å². The zero-order valence-electron chi connectivity index (χ0n) is 13.6. The van der Waals surface area contributed by atoms with Gasteiger partial charge in [-0.25, -0.2) is 0 Å². The SMILES string of the molecule is CCN(CCNc1ccc(N)c(OC(C)(C)C)n1)C1CC1. The lowest BCUT2D eigenvalue weighted by Crippen LogP contribution is -2.31. The molecule has 2 rings (SSSR count). The van der Waals surface area contributed by atoms with E-state index in [0.29, 0.717) is 11.6 Å². The molecular formula is C16H28N4O. The molecule has 0 unspecified atom stereocenters. The van der Waals surface area contributed by atoms with Gasteiger partial charge in [0.15, 0.2) is 0 Å². The van der Waals surface area contributed by atoms with Crippen molar-refractivity contribution < 1.29 is 4.74 Å². The second-order valence-electron chi connectivity index (χ2n) is 6.59. The molecule has 21 heavy (non-hydrogen) atoms. The summed E-state index contributed by atoms with van der Waals surface area (Å²) in [5, 5.41) is 3.36. The molecule has 0 radical (unpaired) electrons. The van der Waals surface area contributed by atoms with Crippen LogP contribution in [0.4, 0.5) is 11.5 Å². The largest absolute Gasteiger partial charge is 0.470 e. The number of hydrogen-bond acceptors (Lipinski definition) is 5. The number of nitrogens with one attached hydrogen (secondary N) is 1. The van der Waals surface area contributed by atoms with Gasteiger partial charge in [-0.15, -0.1) is 0 Å². The van der Waals surface area contributed by atoms with Crippen LogP contribution in [0.25, 0.3) is 0 Å². The van der Waals surface area contributed by atoms with Crippen molar-refractivity contribution in [3.05, 3.63) is 12.1 Å². The highest BCUT2D eigenvalue weighted by Crippen LogP contribution is 2.26. The van der Waals surface area contributed by atoms with Crippen LogP contribution in [-0.2, 0) is 0 Å². The maximum absolute atomic E-state index is 5.92. The molecule has 0 aromatic carbocycles. The number of nitrogens with zero attached hydrogens (tertiary/aromatic N) is 2. The fraction of sp³-hybridized carbons (Fsp3) is 0.688. The van der Waals surface area contributed by atoms with Crippen LogP contribution in [0.1, 0.15) is 40.5 Å². The first kappa shape index (κ1) is 15.9. The van der Waals surface area contributed by atoms with Gasteiger partial charge in [0.05, 0.1) is 5.69 Å². The minimum atomic E-state index is -0.301. The quantitative estimate of drug-likeness (QED) is 0.809. The number of nitrogen functional groups attached to an aromatic ring is 1. The number of anilines is 2. The van der Waals surface area contributed by atoms with Crippen LogP contribution in [-0.4, -0.2) is 41.2 Å². The summed E-state index contributed by atoms with van der Waals surface area (Å²) in [6.45, 7) is 11.2. The Morgan fingerprint density at radius 1 is 1.38 bits per heavy atom. The van der Waals surface area contributed by atoms with Crippen LogP contribution < -0.4 is 15.8 Å². The summed E-state index contributed by atoms with van der Waals surface area (Å²) in [5.74, 6) is 1.32. The van der Waals surface area contributed by atoms with Crippen LogP contribution in [0.2, 0.25) is 0 Å². The maximum Gasteiger partial charge on any atom is 0.239 e. The van der Waals surface area contributed by atoms with E-state index in [9.17, 15) is 0 Å². The number of likely N-dealkylation sites (N-methyl/N-ethyl adjacent to an activating group) is 1. The molecule has 5 heteroatoms. The molecule has 0 atom stereocenters. The molecule has 1 aromatic rings. The van der Waals surface area contributed by atoms with Crippen LogP contribution in [0, 0.1) is 0 Å². The van der Waals surface area contributed by atoms with Crippen LogP contribution in [0.3, 0.4) is 0 Å². The molecule has 118 valence electrons. The third kappa shape index (κ3) is 5.08. The van der Waals surface area contributed by atoms with E-state index in [4.69, 9.17) is 10.5 Å². The van der Waals surface area contributed by atoms with E-state index in [-0.39, 0.29) is 5.60 Å². The predicted molar refractivity (Wildman–Crippen MR) is 87.8 cm³/mol. The molecule has 1 heterocycles. The van der Waals surface area contributed by atoms with Crippen LogP contribution in [0.15, 0.2) is 12.1 Å². The second kappa shape index (κ2) is 6.52. The average Bonchev–Trinajstić information content (AvgIpc) is 3.21. The first-order valence-electron chi connectivity index (χ1n) is 7.82. The van der Waals surface area contributed by atoms with Crippen molar-refractivity contribution >= 4 is 11.5 Å². The Balaban J connectivity index is 1.89. The number of nitrogens with two attached hydrogens (primary N) is 1. The lowest BCUT2D eigenvalue weighted by Gasteiger charge is -2.22. The molecule has 0 aliphatic heterocycles. The van der Waals surface area contributed by atoms with E-state index >= 15 is 0 Å². The lowest BCUT2D eigenvalue weighted by atomic mass is 10.2. The minimum absolute atomic E-state index is 0.301. The summed E-state index contributed by atoms with van der Waals surface area (Å²) in [7, 11) is 0. The van der Waals surface area contributed by atoms with Gasteiger partial charge in [-0.1, -0.05) is 6.92 Å². The van der Waals surface area contributed by atoms with Crippen molar-refractivity contribution in [2.24, 2.45) is 0 Å². The molecule has 0 saturated heterocycles. The van der Waals surface area contributed by atoms with Crippen molar-refractivity contribution in [2.75, 3.05) is 30.7 Å². The van der Waals surface area contributed by atoms with Crippen molar-refractivity contribution in [1.29, 1.82) is 0 Å². The van der Waals surface area contributed by atoms with Crippen LogP contribution in [0.5, 0.6) is 5.88 Å². The van der Waals surface area contributed by atoms with E-state index in [1.165, 1.54) is 12.8 Å². The molecule has 0 spiro atoms. The van der Waals surface area contributed by atoms with Gasteiger partial charge in [0.2, 0.25) is 5.88 Å². The Kier molecular flexibility index (Phi) is 4.93. The summed E-state index contributed by atoms with van der Waals surface area (Å²) in [4.78, 5) is 6.97. The summed E-state index contributed by atoms with van der Waals surface area (Å²) in [5.41, 5.74) is 6.19. The van der Waals surface area contributed by atoms with Gasteiger partial charge in [-0.3, -0.25) is 4.90 Å². The van der Waals surface area contributed by atoms with E-state index in [2.05, 4.69) is 22.1 Å². The Labute approximate surface area is 127 Å². The normalized spacial score (nSPS) is 15.3. The second-order valence-corrected chi connectivity index (χ2v) is 6.59. The highest BCUT2D eigenvalue weighted by molar-refractivity contribution is 5.53. The highest BCUT2D eigenvalue weighted by Gasteiger charge is 2.27. The van der Waals surface area contributed by atoms with E-state index in [1.54, 1.807) is 0 Å². The van der Waals surface area contributed by atoms with Crippen molar-refractivity contribution in [2.45, 2.75) is 52.2 Å². The maximum atomic E-state index is 5.92. The summed E-state index contributed by atoms with van der Waals surface area (Å²) >= 11 is 0. The molecule has 0 amide bonds. The summed E-state index contributed by atoms with van der Waals surface area (Å²) < 4.78 is 5.78. The minimum Gasteiger partial charge on any atom is -0.470 e. The molecule has 0 bridgehead atoms. The van der Waals surface area contributed by atoms with Gasteiger partial charge >= 0.3 is 0 Å². The molecular weight excluding hydrogens is 264 g/mol. The smallest absolute Gasteiger partial charge is 0.239 e. The average molecular weight is 292 g/mol. The standard InChI is InChI=1S/C16H28N4O/c1-5-20(12-6-7-12)11-10-18-14-9-8-13(17)15(19-14)21-16(2,3)4/h8-9,12H,5-7,10-11,17H2,1-4H3,(H,18,19). The van der Waals surface area contributed by atoms with Gasteiger partial charge in [-0.05, 0) is 52.3 Å². The van der Waals surface area contributed by atoms with E-state index in [1.807, 2.05) is 32.9 Å². The summed E-state index contributed by atoms with van der Waals surface area (Å²) in [6, 6.07) is 4.55. The van der Waals surface area contributed by atoms with Gasteiger partial charge in [0.25, 0.3) is 0 Å². The number of aromatic nitrogens is 1. The fourth-order valence-electron chi connectivity index (χ4n) is 2.29. The topological polar surface area (TPSA) is 63.4 Å². The first-order chi connectivity index (χ1) is 9.89. The third-order valence-corrected chi connectivity index (χ3v) is 3.47. The molecule has 3 N–H and O–H groups in total. The lowest BCUT2D eigenvalue weighted by molar-refractivity contribution is 0.125. The third-order valence-electron chi connectivity index (χ3n) is 3.47. The molecule has 1 aliphatic carbocycles. The van der Waals surface area contributed by atoms with Gasteiger partial charge in [0.1, 0.15) is 11.4 Å². The molecule has 1 aromatic heterocycles. The van der Waals surface area contributed by atoms with Gasteiger partial charge < -0.3 is 15.8 Å². The van der Waals surface area contributed by atoms with Crippen molar-refractivity contribution in [3.8, 4) is 5.88 Å². The molecule has 1 saturated carbocycles.